The van der Waals surface area contributed by atoms with Gasteiger partial charge in [-0.25, -0.2) is 0 Å². The normalized spacial score (nSPS) is 10.3. The van der Waals surface area contributed by atoms with E-state index in [9.17, 15) is 0 Å². The van der Waals surface area contributed by atoms with Gasteiger partial charge in [0.05, 0.1) is 7.11 Å². The van der Waals surface area contributed by atoms with Crippen LogP contribution in [0.3, 0.4) is 0 Å². The highest BCUT2D eigenvalue weighted by Crippen LogP contribution is 2.19. The molecule has 25 heavy (non-hydrogen) atoms. The van der Waals surface area contributed by atoms with Gasteiger partial charge in [0.1, 0.15) is 18.1 Å². The van der Waals surface area contributed by atoms with Gasteiger partial charge in [-0.2, -0.15) is 15.0 Å². The van der Waals surface area contributed by atoms with Crippen molar-refractivity contribution in [1.29, 1.82) is 0 Å². The number of ether oxygens (including phenoxy) is 2. The minimum atomic E-state index is 0.138. The van der Waals surface area contributed by atoms with Crippen LogP contribution in [0.2, 0.25) is 0 Å². The zero-order valence-corrected chi connectivity index (χ0v) is 14.1. The number of anilines is 3. The van der Waals surface area contributed by atoms with Crippen LogP contribution in [0.5, 0.6) is 11.5 Å². The fourth-order valence-electron chi connectivity index (χ4n) is 2.21. The number of nitrogens with two attached hydrogens (primary N) is 1. The molecule has 128 valence electrons. The Kier molecular flexibility index (Phi) is 4.94. The van der Waals surface area contributed by atoms with Crippen LogP contribution in [-0.2, 0) is 6.61 Å². The molecule has 7 nitrogen and oxygen atoms in total. The van der Waals surface area contributed by atoms with Crippen LogP contribution in [-0.4, -0.2) is 22.1 Å². The molecular weight excluding hydrogens is 318 g/mol. The molecule has 7 heteroatoms. The van der Waals surface area contributed by atoms with Crippen LogP contribution in [0, 0.1) is 6.92 Å². The highest BCUT2D eigenvalue weighted by molar-refractivity contribution is 5.58. The molecule has 0 amide bonds. The molecule has 3 N–H and O–H groups in total. The highest BCUT2D eigenvalue weighted by atomic mass is 16.5. The SMILES string of the molecule is COc1ccc(OCc2nc(N)nc(Nc3ccccc3C)n2)cc1. The molecule has 0 atom stereocenters. The van der Waals surface area contributed by atoms with Crippen LogP contribution in [0.15, 0.2) is 48.5 Å². The van der Waals surface area contributed by atoms with E-state index in [0.717, 1.165) is 17.0 Å². The van der Waals surface area contributed by atoms with Crippen molar-refractivity contribution in [2.45, 2.75) is 13.5 Å². The van der Waals surface area contributed by atoms with Gasteiger partial charge in [0.2, 0.25) is 11.9 Å². The molecule has 0 unspecified atom stereocenters. The molecular formula is C18H19N5O2. The Hall–Kier alpha value is -3.35. The van der Waals surface area contributed by atoms with Gasteiger partial charge in [-0.1, -0.05) is 18.2 Å². The maximum Gasteiger partial charge on any atom is 0.232 e. The number of para-hydroxylation sites is 1. The van der Waals surface area contributed by atoms with Gasteiger partial charge in [-0.15, -0.1) is 0 Å². The predicted molar refractivity (Wildman–Crippen MR) is 96.0 cm³/mol. The number of nitrogens with zero attached hydrogens (tertiary/aromatic N) is 3. The average Bonchev–Trinajstić information content (AvgIpc) is 2.62. The van der Waals surface area contributed by atoms with Crippen molar-refractivity contribution < 1.29 is 9.47 Å². The zero-order valence-electron chi connectivity index (χ0n) is 14.1. The van der Waals surface area contributed by atoms with Crippen LogP contribution < -0.4 is 20.5 Å². The molecule has 3 rings (SSSR count). The lowest BCUT2D eigenvalue weighted by Crippen LogP contribution is -2.09. The van der Waals surface area contributed by atoms with Gasteiger partial charge in [-0.05, 0) is 42.8 Å². The first-order valence-electron chi connectivity index (χ1n) is 7.74. The van der Waals surface area contributed by atoms with Crippen molar-refractivity contribution in [2.75, 3.05) is 18.2 Å². The van der Waals surface area contributed by atoms with Gasteiger partial charge in [0.15, 0.2) is 5.82 Å². The molecule has 1 aromatic heterocycles. The largest absolute Gasteiger partial charge is 0.497 e. The topological polar surface area (TPSA) is 95.2 Å². The summed E-state index contributed by atoms with van der Waals surface area (Å²) < 4.78 is 10.8. The number of hydrogen-bond acceptors (Lipinski definition) is 7. The van der Waals surface area contributed by atoms with E-state index in [4.69, 9.17) is 15.2 Å². The van der Waals surface area contributed by atoms with E-state index >= 15 is 0 Å². The number of methoxy groups -OCH3 is 1. The van der Waals surface area contributed by atoms with E-state index < -0.39 is 0 Å². The Morgan fingerprint density at radius 2 is 1.68 bits per heavy atom. The molecule has 0 aliphatic rings. The fraction of sp³-hybridized carbons (Fsp3) is 0.167. The van der Waals surface area contributed by atoms with E-state index in [0.29, 0.717) is 17.5 Å². The van der Waals surface area contributed by atoms with Gasteiger partial charge in [0.25, 0.3) is 0 Å². The summed E-state index contributed by atoms with van der Waals surface area (Å²) in [4.78, 5) is 12.6. The second-order valence-corrected chi connectivity index (χ2v) is 5.34. The monoisotopic (exact) mass is 337 g/mol. The molecule has 1 heterocycles. The first kappa shape index (κ1) is 16.5. The van der Waals surface area contributed by atoms with E-state index in [-0.39, 0.29) is 12.6 Å². The van der Waals surface area contributed by atoms with Crippen molar-refractivity contribution in [3.8, 4) is 11.5 Å². The number of rotatable bonds is 6. The summed E-state index contributed by atoms with van der Waals surface area (Å²) in [6, 6.07) is 15.1. The molecule has 0 bridgehead atoms. The van der Waals surface area contributed by atoms with E-state index in [1.165, 1.54) is 0 Å². The van der Waals surface area contributed by atoms with Crippen molar-refractivity contribution in [3.05, 3.63) is 59.9 Å². The number of aromatic nitrogens is 3. The molecule has 0 aliphatic carbocycles. The van der Waals surface area contributed by atoms with E-state index in [2.05, 4.69) is 20.3 Å². The van der Waals surface area contributed by atoms with E-state index in [1.807, 2.05) is 55.5 Å². The van der Waals surface area contributed by atoms with Gasteiger partial charge in [0, 0.05) is 5.69 Å². The standard InChI is InChI=1S/C18H19N5O2/c1-12-5-3-4-6-15(12)20-18-22-16(21-17(19)23-18)11-25-14-9-7-13(24-2)8-10-14/h3-10H,11H2,1-2H3,(H3,19,20,21,22,23). The third-order valence-electron chi connectivity index (χ3n) is 3.52. The summed E-state index contributed by atoms with van der Waals surface area (Å²) in [5, 5.41) is 3.15. The van der Waals surface area contributed by atoms with Crippen molar-refractivity contribution >= 4 is 17.6 Å². The number of benzene rings is 2. The first-order chi connectivity index (χ1) is 12.1. The van der Waals surface area contributed by atoms with Crippen molar-refractivity contribution in [2.24, 2.45) is 0 Å². The second-order valence-electron chi connectivity index (χ2n) is 5.34. The zero-order chi connectivity index (χ0) is 17.6. The van der Waals surface area contributed by atoms with Gasteiger partial charge >= 0.3 is 0 Å². The Bertz CT molecular complexity index is 852. The summed E-state index contributed by atoms with van der Waals surface area (Å²) in [5.74, 6) is 2.42. The van der Waals surface area contributed by atoms with Crippen LogP contribution in [0.25, 0.3) is 0 Å². The molecule has 0 saturated heterocycles. The smallest absolute Gasteiger partial charge is 0.232 e. The van der Waals surface area contributed by atoms with Gasteiger partial charge in [-0.3, -0.25) is 0 Å². The lowest BCUT2D eigenvalue weighted by Gasteiger charge is -2.10. The number of nitrogen functional groups attached to an aromatic ring is 1. The molecule has 3 aromatic rings. The summed E-state index contributed by atoms with van der Waals surface area (Å²) in [7, 11) is 1.62. The molecule has 0 fully saturated rings. The number of nitrogens with one attached hydrogen (secondary N) is 1. The Morgan fingerprint density at radius 3 is 2.40 bits per heavy atom. The summed E-state index contributed by atoms with van der Waals surface area (Å²) in [6.45, 7) is 2.18. The minimum absolute atomic E-state index is 0.138. The predicted octanol–water partition coefficient (Wildman–Crippen LogP) is 3.09. The Labute approximate surface area is 145 Å². The summed E-state index contributed by atoms with van der Waals surface area (Å²) in [5.41, 5.74) is 7.78. The maximum atomic E-state index is 5.78. The first-order valence-corrected chi connectivity index (χ1v) is 7.74. The number of hydrogen-bond donors (Lipinski definition) is 2. The quantitative estimate of drug-likeness (QED) is 0.713. The lowest BCUT2D eigenvalue weighted by atomic mass is 10.2. The Balaban J connectivity index is 1.71. The molecule has 0 spiro atoms. The minimum Gasteiger partial charge on any atom is -0.497 e. The molecule has 2 aromatic carbocycles. The third-order valence-corrected chi connectivity index (χ3v) is 3.52. The summed E-state index contributed by atoms with van der Waals surface area (Å²) >= 11 is 0. The van der Waals surface area contributed by atoms with Crippen LogP contribution >= 0.6 is 0 Å². The maximum absolute atomic E-state index is 5.78. The Morgan fingerprint density at radius 1 is 0.960 bits per heavy atom. The molecule has 0 aliphatic heterocycles. The van der Waals surface area contributed by atoms with Gasteiger partial charge < -0.3 is 20.5 Å². The molecule has 0 saturated carbocycles. The van der Waals surface area contributed by atoms with Crippen molar-refractivity contribution in [1.82, 2.24) is 15.0 Å². The van der Waals surface area contributed by atoms with Crippen LogP contribution in [0.4, 0.5) is 17.6 Å². The van der Waals surface area contributed by atoms with Crippen LogP contribution in [0.1, 0.15) is 11.4 Å². The van der Waals surface area contributed by atoms with E-state index in [1.54, 1.807) is 7.11 Å². The highest BCUT2D eigenvalue weighted by Gasteiger charge is 2.07. The fourth-order valence-corrected chi connectivity index (χ4v) is 2.21. The average molecular weight is 337 g/mol. The van der Waals surface area contributed by atoms with Crippen molar-refractivity contribution in [3.63, 3.8) is 0 Å². The summed E-state index contributed by atoms with van der Waals surface area (Å²) in [6.07, 6.45) is 0. The lowest BCUT2D eigenvalue weighted by molar-refractivity contribution is 0.295. The second kappa shape index (κ2) is 7.48. The molecule has 0 radical (unpaired) electrons. The third kappa shape index (κ3) is 4.35. The number of aryl methyl sites for hydroxylation is 1.